The van der Waals surface area contributed by atoms with Gasteiger partial charge in [-0.15, -0.1) is 0 Å². The highest BCUT2D eigenvalue weighted by Crippen LogP contribution is 2.14. The number of carbonyl (C=O) groups is 2. The standard InChI is InChI=1S/C16H22FN3O4S/c1-10(2)14(15(21)19-13-6-4-3-5-12(13)17)20-16(22)18-11-7-8-25(23,24)9-11/h3-6,10-11,14H,7-9H2,1-2H3,(H,19,21)(H2,18,20,22). The molecule has 1 aliphatic heterocycles. The summed E-state index contributed by atoms with van der Waals surface area (Å²) in [6.45, 7) is 3.48. The number of amides is 3. The van der Waals surface area contributed by atoms with Crippen molar-refractivity contribution in [2.75, 3.05) is 16.8 Å². The van der Waals surface area contributed by atoms with Gasteiger partial charge in [0.2, 0.25) is 5.91 Å². The molecule has 7 nitrogen and oxygen atoms in total. The molecule has 138 valence electrons. The van der Waals surface area contributed by atoms with Gasteiger partial charge in [0.1, 0.15) is 11.9 Å². The number of para-hydroxylation sites is 1. The fourth-order valence-corrected chi connectivity index (χ4v) is 4.26. The van der Waals surface area contributed by atoms with Crippen molar-refractivity contribution in [3.8, 4) is 0 Å². The van der Waals surface area contributed by atoms with Gasteiger partial charge in [-0.05, 0) is 24.5 Å². The maximum atomic E-state index is 13.6. The molecule has 1 aliphatic rings. The molecule has 25 heavy (non-hydrogen) atoms. The Morgan fingerprint density at radius 3 is 2.48 bits per heavy atom. The third-order valence-corrected chi connectivity index (χ3v) is 5.70. The van der Waals surface area contributed by atoms with Crippen molar-refractivity contribution in [1.82, 2.24) is 10.6 Å². The van der Waals surface area contributed by atoms with Crippen molar-refractivity contribution in [3.05, 3.63) is 30.1 Å². The number of hydrogen-bond donors (Lipinski definition) is 3. The van der Waals surface area contributed by atoms with E-state index in [1.807, 2.05) is 0 Å². The van der Waals surface area contributed by atoms with E-state index in [0.717, 1.165) is 0 Å². The van der Waals surface area contributed by atoms with Crippen molar-refractivity contribution >= 4 is 27.5 Å². The number of nitrogens with one attached hydrogen (secondary N) is 3. The van der Waals surface area contributed by atoms with E-state index in [-0.39, 0.29) is 23.1 Å². The van der Waals surface area contributed by atoms with Crippen molar-refractivity contribution in [1.29, 1.82) is 0 Å². The van der Waals surface area contributed by atoms with Gasteiger partial charge in [0.15, 0.2) is 9.84 Å². The van der Waals surface area contributed by atoms with Crippen LogP contribution in [0.3, 0.4) is 0 Å². The van der Waals surface area contributed by atoms with E-state index in [1.165, 1.54) is 18.2 Å². The SMILES string of the molecule is CC(C)C(NC(=O)NC1CCS(=O)(=O)C1)C(=O)Nc1ccccc1F. The maximum Gasteiger partial charge on any atom is 0.315 e. The van der Waals surface area contributed by atoms with E-state index in [2.05, 4.69) is 16.0 Å². The van der Waals surface area contributed by atoms with Crippen molar-refractivity contribution < 1.29 is 22.4 Å². The number of carbonyl (C=O) groups excluding carboxylic acids is 2. The van der Waals surface area contributed by atoms with Gasteiger partial charge in [0.25, 0.3) is 0 Å². The minimum absolute atomic E-state index is 0.0299. The molecule has 2 unspecified atom stereocenters. The normalized spacial score (nSPS) is 20.1. The molecule has 0 spiro atoms. The maximum absolute atomic E-state index is 13.6. The lowest BCUT2D eigenvalue weighted by Crippen LogP contribution is -2.52. The first kappa shape index (κ1) is 19.2. The summed E-state index contributed by atoms with van der Waals surface area (Å²) in [4.78, 5) is 24.4. The molecule has 0 saturated carbocycles. The van der Waals surface area contributed by atoms with E-state index >= 15 is 0 Å². The number of rotatable bonds is 5. The Balaban J connectivity index is 1.97. The zero-order valence-electron chi connectivity index (χ0n) is 14.1. The zero-order chi connectivity index (χ0) is 18.6. The average Bonchev–Trinajstić information content (AvgIpc) is 2.85. The number of hydrogen-bond acceptors (Lipinski definition) is 4. The molecule has 0 bridgehead atoms. The van der Waals surface area contributed by atoms with Gasteiger partial charge in [-0.3, -0.25) is 4.79 Å². The van der Waals surface area contributed by atoms with Gasteiger partial charge in [-0.1, -0.05) is 26.0 Å². The predicted octanol–water partition coefficient (Wildman–Crippen LogP) is 1.28. The fraction of sp³-hybridized carbons (Fsp3) is 0.500. The van der Waals surface area contributed by atoms with Crippen LogP contribution in [0.25, 0.3) is 0 Å². The minimum atomic E-state index is -3.11. The summed E-state index contributed by atoms with van der Waals surface area (Å²) >= 11 is 0. The molecular weight excluding hydrogens is 349 g/mol. The van der Waals surface area contributed by atoms with Crippen LogP contribution in [0.5, 0.6) is 0 Å². The van der Waals surface area contributed by atoms with Gasteiger partial charge >= 0.3 is 6.03 Å². The van der Waals surface area contributed by atoms with E-state index < -0.39 is 39.7 Å². The fourth-order valence-electron chi connectivity index (χ4n) is 2.59. The van der Waals surface area contributed by atoms with Crippen LogP contribution in [0.4, 0.5) is 14.9 Å². The molecule has 1 aromatic carbocycles. The third-order valence-electron chi connectivity index (χ3n) is 3.94. The van der Waals surface area contributed by atoms with Gasteiger partial charge in [-0.2, -0.15) is 0 Å². The lowest BCUT2D eigenvalue weighted by atomic mass is 10.0. The molecular formula is C16H22FN3O4S. The quantitative estimate of drug-likeness (QED) is 0.725. The zero-order valence-corrected chi connectivity index (χ0v) is 14.9. The molecule has 1 heterocycles. The first-order chi connectivity index (χ1) is 11.7. The predicted molar refractivity (Wildman–Crippen MR) is 92.4 cm³/mol. The Morgan fingerprint density at radius 1 is 1.24 bits per heavy atom. The summed E-state index contributed by atoms with van der Waals surface area (Å²) in [5, 5.41) is 7.55. The molecule has 0 aliphatic carbocycles. The largest absolute Gasteiger partial charge is 0.334 e. The lowest BCUT2D eigenvalue weighted by Gasteiger charge is -2.23. The second-order valence-corrected chi connectivity index (χ2v) is 8.64. The topological polar surface area (TPSA) is 104 Å². The molecule has 0 aromatic heterocycles. The average molecular weight is 371 g/mol. The molecule has 0 radical (unpaired) electrons. The summed E-state index contributed by atoms with van der Waals surface area (Å²) in [5.74, 6) is -1.42. The Bertz CT molecular complexity index is 752. The summed E-state index contributed by atoms with van der Waals surface area (Å²) in [6, 6.07) is 3.76. The van der Waals surface area contributed by atoms with Crippen molar-refractivity contribution in [3.63, 3.8) is 0 Å². The smallest absolute Gasteiger partial charge is 0.315 e. The van der Waals surface area contributed by atoms with Crippen LogP contribution in [-0.4, -0.2) is 43.9 Å². The second-order valence-electron chi connectivity index (χ2n) is 6.41. The summed E-state index contributed by atoms with van der Waals surface area (Å²) in [6.07, 6.45) is 0.351. The summed E-state index contributed by atoms with van der Waals surface area (Å²) in [7, 11) is -3.11. The minimum Gasteiger partial charge on any atom is -0.334 e. The van der Waals surface area contributed by atoms with Crippen LogP contribution in [0.1, 0.15) is 20.3 Å². The van der Waals surface area contributed by atoms with Crippen LogP contribution in [-0.2, 0) is 14.6 Å². The Kier molecular flexibility index (Phi) is 5.99. The molecule has 2 atom stereocenters. The van der Waals surface area contributed by atoms with Gasteiger partial charge in [0.05, 0.1) is 17.2 Å². The highest BCUT2D eigenvalue weighted by Gasteiger charge is 2.31. The van der Waals surface area contributed by atoms with Crippen LogP contribution >= 0.6 is 0 Å². The summed E-state index contributed by atoms with van der Waals surface area (Å²) in [5.41, 5.74) is 0.0299. The van der Waals surface area contributed by atoms with Gasteiger partial charge in [-0.25, -0.2) is 17.6 Å². The summed E-state index contributed by atoms with van der Waals surface area (Å²) < 4.78 is 36.5. The molecule has 9 heteroatoms. The highest BCUT2D eigenvalue weighted by atomic mass is 32.2. The van der Waals surface area contributed by atoms with E-state index in [4.69, 9.17) is 0 Å². The number of halogens is 1. The molecule has 1 saturated heterocycles. The molecule has 3 amide bonds. The van der Waals surface area contributed by atoms with E-state index in [0.29, 0.717) is 6.42 Å². The van der Waals surface area contributed by atoms with Crippen LogP contribution < -0.4 is 16.0 Å². The van der Waals surface area contributed by atoms with Crippen molar-refractivity contribution in [2.45, 2.75) is 32.4 Å². The molecule has 1 fully saturated rings. The van der Waals surface area contributed by atoms with E-state index in [1.54, 1.807) is 19.9 Å². The monoisotopic (exact) mass is 371 g/mol. The third kappa shape index (κ3) is 5.42. The van der Waals surface area contributed by atoms with E-state index in [9.17, 15) is 22.4 Å². The van der Waals surface area contributed by atoms with Gasteiger partial charge in [0, 0.05) is 6.04 Å². The van der Waals surface area contributed by atoms with Crippen molar-refractivity contribution in [2.24, 2.45) is 5.92 Å². The lowest BCUT2D eigenvalue weighted by molar-refractivity contribution is -0.118. The number of benzene rings is 1. The van der Waals surface area contributed by atoms with Crippen LogP contribution in [0, 0.1) is 11.7 Å². The van der Waals surface area contributed by atoms with Gasteiger partial charge < -0.3 is 16.0 Å². The Labute approximate surface area is 146 Å². The van der Waals surface area contributed by atoms with Crippen LogP contribution in [0.15, 0.2) is 24.3 Å². The first-order valence-electron chi connectivity index (χ1n) is 8.01. The Morgan fingerprint density at radius 2 is 1.92 bits per heavy atom. The molecule has 1 aromatic rings. The number of sulfone groups is 1. The number of urea groups is 1. The number of anilines is 1. The first-order valence-corrected chi connectivity index (χ1v) is 9.83. The highest BCUT2D eigenvalue weighted by molar-refractivity contribution is 7.91. The Hall–Kier alpha value is -2.16. The molecule has 2 rings (SSSR count). The molecule has 3 N–H and O–H groups in total. The van der Waals surface area contributed by atoms with Crippen LogP contribution in [0.2, 0.25) is 0 Å². The second kappa shape index (κ2) is 7.81.